The lowest BCUT2D eigenvalue weighted by molar-refractivity contribution is -0.0419. The van der Waals surface area contributed by atoms with Crippen LogP contribution in [-0.2, 0) is 4.74 Å². The molecule has 1 saturated carbocycles. The van der Waals surface area contributed by atoms with Crippen molar-refractivity contribution in [2.75, 3.05) is 37.7 Å². The molecule has 1 aliphatic carbocycles. The molecule has 1 aromatic carbocycles. The number of benzene rings is 1. The minimum atomic E-state index is -0.367. The van der Waals surface area contributed by atoms with E-state index in [9.17, 15) is 5.11 Å². The molecule has 2 atom stereocenters. The lowest BCUT2D eigenvalue weighted by atomic mass is 9.86. The molecule has 4 heteroatoms. The van der Waals surface area contributed by atoms with Crippen LogP contribution >= 0.6 is 0 Å². The van der Waals surface area contributed by atoms with E-state index in [4.69, 9.17) is 4.74 Å². The molecule has 4 nitrogen and oxygen atoms in total. The molecule has 1 N–H and O–H groups in total. The Bertz CT molecular complexity index is 575. The van der Waals surface area contributed by atoms with Crippen molar-refractivity contribution in [3.8, 4) is 0 Å². The van der Waals surface area contributed by atoms with E-state index in [0.717, 1.165) is 26.2 Å². The molecule has 2 heterocycles. The Labute approximate surface area is 164 Å². The number of ether oxygens (including phenoxy) is 1. The minimum absolute atomic E-state index is 0.236. The maximum absolute atomic E-state index is 10.7. The number of para-hydroxylation sites is 1. The summed E-state index contributed by atoms with van der Waals surface area (Å²) in [7, 11) is 0. The van der Waals surface area contributed by atoms with Crippen LogP contribution in [-0.4, -0.2) is 60.5 Å². The van der Waals surface area contributed by atoms with Crippen molar-refractivity contribution in [2.24, 2.45) is 0 Å². The van der Waals surface area contributed by atoms with Gasteiger partial charge in [0, 0.05) is 30.9 Å². The van der Waals surface area contributed by atoms with Crippen molar-refractivity contribution in [3.05, 3.63) is 30.3 Å². The van der Waals surface area contributed by atoms with Crippen molar-refractivity contribution in [2.45, 2.75) is 75.5 Å². The van der Waals surface area contributed by atoms with Gasteiger partial charge in [-0.25, -0.2) is 0 Å². The van der Waals surface area contributed by atoms with Gasteiger partial charge in [-0.05, 0) is 57.2 Å². The summed E-state index contributed by atoms with van der Waals surface area (Å²) in [5, 5.41) is 10.7. The number of aliphatic hydroxyl groups is 1. The lowest BCUT2D eigenvalue weighted by Crippen LogP contribution is -2.57. The predicted octanol–water partition coefficient (Wildman–Crippen LogP) is 3.83. The molecule has 0 radical (unpaired) electrons. The standard InChI is InChI=1S/C23H36N2O2/c26-21(18-27-22-11-5-2-6-12-22)17-25-16-8-14-23(25)13-7-15-24(19-23)20-9-3-1-4-10-20/h1,3-4,9-10,21-22,26H,2,5-8,11-19H2. The van der Waals surface area contributed by atoms with Crippen molar-refractivity contribution in [1.29, 1.82) is 0 Å². The molecule has 1 aromatic rings. The third kappa shape index (κ3) is 4.67. The van der Waals surface area contributed by atoms with Crippen LogP contribution in [0, 0.1) is 0 Å². The van der Waals surface area contributed by atoms with Gasteiger partial charge in [-0.3, -0.25) is 4.90 Å². The fraction of sp³-hybridized carbons (Fsp3) is 0.739. The Kier molecular flexibility index (Phi) is 6.36. The Morgan fingerprint density at radius 1 is 1.00 bits per heavy atom. The molecular formula is C23H36N2O2. The Morgan fingerprint density at radius 2 is 1.74 bits per heavy atom. The molecule has 2 unspecified atom stereocenters. The topological polar surface area (TPSA) is 35.9 Å². The summed E-state index contributed by atoms with van der Waals surface area (Å²) in [5.74, 6) is 0. The number of hydrogen-bond donors (Lipinski definition) is 1. The molecule has 2 saturated heterocycles. The number of nitrogens with zero attached hydrogens (tertiary/aromatic N) is 2. The predicted molar refractivity (Wildman–Crippen MR) is 110 cm³/mol. The fourth-order valence-electron chi connectivity index (χ4n) is 5.50. The van der Waals surface area contributed by atoms with Crippen LogP contribution in [0.4, 0.5) is 5.69 Å². The number of rotatable bonds is 6. The minimum Gasteiger partial charge on any atom is -0.389 e. The summed E-state index contributed by atoms with van der Waals surface area (Å²) in [6.45, 7) is 4.61. The zero-order valence-electron chi connectivity index (χ0n) is 16.7. The van der Waals surface area contributed by atoms with Crippen molar-refractivity contribution < 1.29 is 9.84 Å². The molecule has 3 aliphatic rings. The molecule has 4 rings (SSSR count). The van der Waals surface area contributed by atoms with Crippen LogP contribution in [0.5, 0.6) is 0 Å². The molecule has 150 valence electrons. The Morgan fingerprint density at radius 3 is 2.52 bits per heavy atom. The second-order valence-electron chi connectivity index (χ2n) is 8.88. The van der Waals surface area contributed by atoms with E-state index in [1.807, 2.05) is 0 Å². The SMILES string of the molecule is OC(COC1CCCCC1)CN1CCCC12CCCN(c1ccccc1)C2. The lowest BCUT2D eigenvalue weighted by Gasteiger charge is -2.47. The molecule has 0 amide bonds. The molecular weight excluding hydrogens is 336 g/mol. The second-order valence-corrected chi connectivity index (χ2v) is 8.88. The van der Waals surface area contributed by atoms with E-state index in [1.54, 1.807) is 0 Å². The van der Waals surface area contributed by atoms with E-state index in [0.29, 0.717) is 12.7 Å². The number of aliphatic hydroxyl groups excluding tert-OH is 1. The summed E-state index contributed by atoms with van der Waals surface area (Å²) < 4.78 is 6.03. The van der Waals surface area contributed by atoms with Gasteiger partial charge in [0.1, 0.15) is 0 Å². The summed E-state index contributed by atoms with van der Waals surface area (Å²) >= 11 is 0. The molecule has 0 bridgehead atoms. The van der Waals surface area contributed by atoms with Gasteiger partial charge in [-0.15, -0.1) is 0 Å². The van der Waals surface area contributed by atoms with E-state index in [-0.39, 0.29) is 11.6 Å². The number of piperidine rings is 1. The quantitative estimate of drug-likeness (QED) is 0.823. The zero-order valence-corrected chi connectivity index (χ0v) is 16.7. The summed E-state index contributed by atoms with van der Waals surface area (Å²) in [6, 6.07) is 10.8. The first kappa shape index (κ1) is 19.2. The van der Waals surface area contributed by atoms with E-state index < -0.39 is 0 Å². The highest BCUT2D eigenvalue weighted by Crippen LogP contribution is 2.38. The Balaban J connectivity index is 1.33. The maximum atomic E-state index is 10.7. The molecule has 2 aliphatic heterocycles. The van der Waals surface area contributed by atoms with Gasteiger partial charge in [0.05, 0.1) is 18.8 Å². The number of hydrogen-bond acceptors (Lipinski definition) is 4. The monoisotopic (exact) mass is 372 g/mol. The number of anilines is 1. The second kappa shape index (κ2) is 8.93. The van der Waals surface area contributed by atoms with Crippen molar-refractivity contribution >= 4 is 5.69 Å². The van der Waals surface area contributed by atoms with Crippen LogP contribution in [0.15, 0.2) is 30.3 Å². The first-order valence-corrected chi connectivity index (χ1v) is 11.1. The van der Waals surface area contributed by atoms with Gasteiger partial charge in [0.25, 0.3) is 0 Å². The maximum Gasteiger partial charge on any atom is 0.0900 e. The molecule has 27 heavy (non-hydrogen) atoms. The van der Waals surface area contributed by atoms with Crippen LogP contribution in [0.25, 0.3) is 0 Å². The van der Waals surface area contributed by atoms with Gasteiger partial charge in [0.2, 0.25) is 0 Å². The van der Waals surface area contributed by atoms with E-state index in [1.165, 1.54) is 63.5 Å². The highest BCUT2D eigenvalue weighted by Gasteiger charge is 2.44. The summed E-state index contributed by atoms with van der Waals surface area (Å²) in [5.41, 5.74) is 1.57. The first-order valence-electron chi connectivity index (χ1n) is 11.1. The van der Waals surface area contributed by atoms with Gasteiger partial charge in [-0.1, -0.05) is 37.5 Å². The Hall–Kier alpha value is -1.10. The van der Waals surface area contributed by atoms with Crippen LogP contribution < -0.4 is 4.90 Å². The third-order valence-corrected chi connectivity index (χ3v) is 6.93. The van der Waals surface area contributed by atoms with Crippen LogP contribution in [0.1, 0.15) is 57.8 Å². The largest absolute Gasteiger partial charge is 0.389 e. The normalized spacial score (nSPS) is 28.7. The highest BCUT2D eigenvalue weighted by molar-refractivity contribution is 5.47. The smallest absolute Gasteiger partial charge is 0.0900 e. The number of likely N-dealkylation sites (tertiary alicyclic amines) is 1. The average Bonchev–Trinajstić information content (AvgIpc) is 3.09. The van der Waals surface area contributed by atoms with Gasteiger partial charge in [0.15, 0.2) is 0 Å². The van der Waals surface area contributed by atoms with Crippen LogP contribution in [0.2, 0.25) is 0 Å². The number of β-amino-alcohol motifs (C(OH)–C–C–N with tert-alkyl or cyclic N) is 1. The van der Waals surface area contributed by atoms with E-state index in [2.05, 4.69) is 40.1 Å². The zero-order chi connectivity index (χ0) is 18.5. The molecule has 0 aromatic heterocycles. The summed E-state index contributed by atoms with van der Waals surface area (Å²) in [6.07, 6.45) is 11.3. The highest BCUT2D eigenvalue weighted by atomic mass is 16.5. The van der Waals surface area contributed by atoms with Gasteiger partial charge >= 0.3 is 0 Å². The van der Waals surface area contributed by atoms with Crippen molar-refractivity contribution in [3.63, 3.8) is 0 Å². The van der Waals surface area contributed by atoms with Gasteiger partial charge in [-0.2, -0.15) is 0 Å². The molecule has 1 spiro atoms. The van der Waals surface area contributed by atoms with Gasteiger partial charge < -0.3 is 14.7 Å². The van der Waals surface area contributed by atoms with E-state index >= 15 is 0 Å². The van der Waals surface area contributed by atoms with Crippen LogP contribution in [0.3, 0.4) is 0 Å². The summed E-state index contributed by atoms with van der Waals surface area (Å²) in [4.78, 5) is 5.13. The first-order chi connectivity index (χ1) is 13.3. The average molecular weight is 373 g/mol. The fourth-order valence-corrected chi connectivity index (χ4v) is 5.50. The van der Waals surface area contributed by atoms with Crippen molar-refractivity contribution in [1.82, 2.24) is 4.90 Å². The molecule has 3 fully saturated rings. The third-order valence-electron chi connectivity index (χ3n) is 6.93.